The standard InChI is InChI=1S/C22H24N4S/c1-3-7-20(8-4-1)21-17-27-22(24-21)25-23-15-18-9-11-19(12-10-18)16-26-13-5-2-6-14-26/h1,3-4,7-12,15,17H,2,5-6,13-14,16H2,(H,24,25). The SMILES string of the molecule is C(=NNc1nc(-c2ccccc2)cs1)c1ccc(CN2CCCCC2)cc1. The van der Waals surface area contributed by atoms with Gasteiger partial charge in [-0.1, -0.05) is 61.0 Å². The Kier molecular flexibility index (Phi) is 5.92. The van der Waals surface area contributed by atoms with Gasteiger partial charge in [-0.15, -0.1) is 11.3 Å². The van der Waals surface area contributed by atoms with Crippen molar-refractivity contribution in [2.45, 2.75) is 25.8 Å². The van der Waals surface area contributed by atoms with Crippen LogP contribution in [0.15, 0.2) is 65.1 Å². The van der Waals surface area contributed by atoms with Crippen LogP contribution in [-0.2, 0) is 6.54 Å². The number of anilines is 1. The lowest BCUT2D eigenvalue weighted by Gasteiger charge is -2.26. The predicted molar refractivity (Wildman–Crippen MR) is 114 cm³/mol. The molecule has 0 atom stereocenters. The number of nitrogens with zero attached hydrogens (tertiary/aromatic N) is 3. The van der Waals surface area contributed by atoms with Gasteiger partial charge in [0.05, 0.1) is 11.9 Å². The summed E-state index contributed by atoms with van der Waals surface area (Å²) in [5.74, 6) is 0. The predicted octanol–water partition coefficient (Wildman–Crippen LogP) is 5.24. The minimum Gasteiger partial charge on any atom is -0.299 e. The molecule has 0 bridgehead atoms. The Bertz CT molecular complexity index is 865. The number of likely N-dealkylation sites (tertiary alicyclic amines) is 1. The Morgan fingerprint density at radius 2 is 1.78 bits per heavy atom. The van der Waals surface area contributed by atoms with Gasteiger partial charge in [-0.2, -0.15) is 5.10 Å². The van der Waals surface area contributed by atoms with E-state index in [0.717, 1.165) is 28.5 Å². The van der Waals surface area contributed by atoms with Gasteiger partial charge in [-0.3, -0.25) is 10.3 Å². The molecule has 1 fully saturated rings. The Labute approximate surface area is 164 Å². The van der Waals surface area contributed by atoms with Crippen LogP contribution in [0.25, 0.3) is 11.3 Å². The summed E-state index contributed by atoms with van der Waals surface area (Å²) >= 11 is 1.56. The van der Waals surface area contributed by atoms with Gasteiger partial charge in [0, 0.05) is 17.5 Å². The highest BCUT2D eigenvalue weighted by atomic mass is 32.1. The maximum absolute atomic E-state index is 4.58. The average Bonchev–Trinajstić information content (AvgIpc) is 3.20. The number of hydrogen-bond donors (Lipinski definition) is 1. The molecule has 138 valence electrons. The van der Waals surface area contributed by atoms with Crippen LogP contribution in [0.3, 0.4) is 0 Å². The summed E-state index contributed by atoms with van der Waals surface area (Å²) in [5.41, 5.74) is 7.58. The third-order valence-electron chi connectivity index (χ3n) is 4.78. The molecule has 0 aliphatic carbocycles. The summed E-state index contributed by atoms with van der Waals surface area (Å²) in [4.78, 5) is 7.12. The Morgan fingerprint density at radius 1 is 1.00 bits per heavy atom. The molecule has 1 aliphatic heterocycles. The second kappa shape index (κ2) is 8.93. The fourth-order valence-electron chi connectivity index (χ4n) is 3.31. The van der Waals surface area contributed by atoms with Gasteiger partial charge in [0.15, 0.2) is 0 Å². The fraction of sp³-hybridized carbons (Fsp3) is 0.273. The number of benzene rings is 2. The van der Waals surface area contributed by atoms with Gasteiger partial charge in [0.25, 0.3) is 0 Å². The molecule has 1 aromatic heterocycles. The zero-order chi connectivity index (χ0) is 18.3. The molecule has 1 saturated heterocycles. The first kappa shape index (κ1) is 17.9. The van der Waals surface area contributed by atoms with E-state index in [2.05, 4.69) is 56.8 Å². The number of hydrogen-bond acceptors (Lipinski definition) is 5. The fourth-order valence-corrected chi connectivity index (χ4v) is 3.98. The lowest BCUT2D eigenvalue weighted by molar-refractivity contribution is 0.221. The van der Waals surface area contributed by atoms with E-state index in [1.165, 1.54) is 37.9 Å². The largest absolute Gasteiger partial charge is 0.299 e. The summed E-state index contributed by atoms with van der Waals surface area (Å²) in [5, 5.41) is 7.17. The van der Waals surface area contributed by atoms with E-state index >= 15 is 0 Å². The van der Waals surface area contributed by atoms with Crippen LogP contribution in [0.2, 0.25) is 0 Å². The molecule has 5 heteroatoms. The quantitative estimate of drug-likeness (QED) is 0.472. The molecule has 1 N–H and O–H groups in total. The van der Waals surface area contributed by atoms with Crippen molar-refractivity contribution in [3.05, 3.63) is 71.1 Å². The van der Waals surface area contributed by atoms with E-state index in [0.29, 0.717) is 0 Å². The van der Waals surface area contributed by atoms with Crippen molar-refractivity contribution >= 4 is 22.7 Å². The van der Waals surface area contributed by atoms with Gasteiger partial charge in [-0.05, 0) is 37.1 Å². The number of aromatic nitrogens is 1. The van der Waals surface area contributed by atoms with E-state index < -0.39 is 0 Å². The van der Waals surface area contributed by atoms with Crippen LogP contribution in [0, 0.1) is 0 Å². The van der Waals surface area contributed by atoms with Crippen molar-refractivity contribution in [3.8, 4) is 11.3 Å². The van der Waals surface area contributed by atoms with Gasteiger partial charge < -0.3 is 0 Å². The van der Waals surface area contributed by atoms with Gasteiger partial charge in [0.2, 0.25) is 5.13 Å². The maximum Gasteiger partial charge on any atom is 0.203 e. The van der Waals surface area contributed by atoms with Gasteiger partial charge in [0.1, 0.15) is 0 Å². The van der Waals surface area contributed by atoms with E-state index in [1.807, 2.05) is 29.8 Å². The normalized spacial score (nSPS) is 15.3. The average molecular weight is 377 g/mol. The van der Waals surface area contributed by atoms with Crippen LogP contribution in [-0.4, -0.2) is 29.2 Å². The summed E-state index contributed by atoms with van der Waals surface area (Å²) in [6.07, 6.45) is 5.89. The molecule has 0 saturated carbocycles. The van der Waals surface area contributed by atoms with Gasteiger partial charge in [-0.25, -0.2) is 4.98 Å². The number of hydrazone groups is 1. The topological polar surface area (TPSA) is 40.5 Å². The molecular formula is C22H24N4S. The molecule has 2 aromatic carbocycles. The summed E-state index contributed by atoms with van der Waals surface area (Å²) in [6.45, 7) is 3.51. The van der Waals surface area contributed by atoms with E-state index in [1.54, 1.807) is 11.3 Å². The van der Waals surface area contributed by atoms with Gasteiger partial charge >= 0.3 is 0 Å². The first-order valence-electron chi connectivity index (χ1n) is 9.48. The first-order valence-corrected chi connectivity index (χ1v) is 10.4. The molecule has 3 aromatic rings. The highest BCUT2D eigenvalue weighted by Crippen LogP contribution is 2.24. The third kappa shape index (κ3) is 5.02. The molecule has 0 spiro atoms. The Hall–Kier alpha value is -2.50. The molecule has 0 radical (unpaired) electrons. The summed E-state index contributed by atoms with van der Waals surface area (Å²) in [6, 6.07) is 18.8. The van der Waals surface area contributed by atoms with Crippen LogP contribution in [0.1, 0.15) is 30.4 Å². The van der Waals surface area contributed by atoms with E-state index in [-0.39, 0.29) is 0 Å². The molecule has 0 amide bonds. The number of nitrogens with one attached hydrogen (secondary N) is 1. The molecule has 4 rings (SSSR count). The van der Waals surface area contributed by atoms with Crippen molar-refractivity contribution < 1.29 is 0 Å². The minimum absolute atomic E-state index is 0.798. The highest BCUT2D eigenvalue weighted by molar-refractivity contribution is 7.14. The lowest BCUT2D eigenvalue weighted by Crippen LogP contribution is -2.29. The zero-order valence-corrected chi connectivity index (χ0v) is 16.2. The number of rotatable bonds is 6. The minimum atomic E-state index is 0.798. The van der Waals surface area contributed by atoms with Crippen LogP contribution < -0.4 is 5.43 Å². The van der Waals surface area contributed by atoms with Crippen molar-refractivity contribution in [2.75, 3.05) is 18.5 Å². The second-order valence-electron chi connectivity index (χ2n) is 6.85. The number of thiazole rings is 1. The van der Waals surface area contributed by atoms with Crippen molar-refractivity contribution in [1.29, 1.82) is 0 Å². The lowest BCUT2D eigenvalue weighted by atomic mass is 10.1. The molecule has 27 heavy (non-hydrogen) atoms. The molecular weight excluding hydrogens is 352 g/mol. The van der Waals surface area contributed by atoms with Crippen molar-refractivity contribution in [2.24, 2.45) is 5.10 Å². The maximum atomic E-state index is 4.58. The second-order valence-corrected chi connectivity index (χ2v) is 7.71. The van der Waals surface area contributed by atoms with Crippen molar-refractivity contribution in [1.82, 2.24) is 9.88 Å². The Morgan fingerprint density at radius 3 is 2.56 bits per heavy atom. The van der Waals surface area contributed by atoms with E-state index in [9.17, 15) is 0 Å². The zero-order valence-electron chi connectivity index (χ0n) is 15.3. The van der Waals surface area contributed by atoms with Crippen LogP contribution in [0.4, 0.5) is 5.13 Å². The number of piperidine rings is 1. The smallest absolute Gasteiger partial charge is 0.203 e. The van der Waals surface area contributed by atoms with E-state index in [4.69, 9.17) is 0 Å². The van der Waals surface area contributed by atoms with Crippen molar-refractivity contribution in [3.63, 3.8) is 0 Å². The molecule has 1 aliphatic rings. The molecule has 4 nitrogen and oxygen atoms in total. The monoisotopic (exact) mass is 376 g/mol. The third-order valence-corrected chi connectivity index (χ3v) is 5.53. The first-order chi connectivity index (χ1) is 13.4. The van der Waals surface area contributed by atoms with Crippen LogP contribution in [0.5, 0.6) is 0 Å². The molecule has 0 unspecified atom stereocenters. The highest BCUT2D eigenvalue weighted by Gasteiger charge is 2.10. The van der Waals surface area contributed by atoms with Crippen LogP contribution >= 0.6 is 11.3 Å². The Balaban J connectivity index is 1.31. The summed E-state index contributed by atoms with van der Waals surface area (Å²) < 4.78 is 0. The molecule has 2 heterocycles. The summed E-state index contributed by atoms with van der Waals surface area (Å²) in [7, 11) is 0.